The quantitative estimate of drug-likeness (QED) is 0.795. The third kappa shape index (κ3) is 3.53. The number of carbonyl (C=O) groups excluding carboxylic acids is 2. The second kappa shape index (κ2) is 6.43. The number of hydrogen-bond donors (Lipinski definition) is 0. The number of rotatable bonds is 4. The fourth-order valence-electron chi connectivity index (χ4n) is 2.15. The van der Waals surface area contributed by atoms with Crippen molar-refractivity contribution in [1.82, 2.24) is 9.80 Å². The van der Waals surface area contributed by atoms with E-state index in [-0.39, 0.29) is 17.6 Å². The number of hydrogen-bond acceptors (Lipinski definition) is 3. The Hall–Kier alpha value is -1.63. The summed E-state index contributed by atoms with van der Waals surface area (Å²) in [5.74, 6) is -2.05. The van der Waals surface area contributed by atoms with E-state index in [0.29, 0.717) is 17.9 Å². The summed E-state index contributed by atoms with van der Waals surface area (Å²) in [6.07, 6.45) is 0.618. The van der Waals surface area contributed by atoms with Gasteiger partial charge in [0.25, 0.3) is 0 Å². The Labute approximate surface area is 126 Å². The van der Waals surface area contributed by atoms with Crippen molar-refractivity contribution >= 4 is 23.6 Å². The summed E-state index contributed by atoms with van der Waals surface area (Å²) in [6, 6.07) is 3.08. The molecule has 0 spiro atoms. The highest BCUT2D eigenvalue weighted by Gasteiger charge is 2.34. The number of carbonyl (C=O) groups is 2. The second-order valence-corrected chi connectivity index (χ2v) is 5.98. The summed E-state index contributed by atoms with van der Waals surface area (Å²) >= 11 is 1.12. The molecule has 2 rings (SSSR count). The molecule has 1 aliphatic rings. The Bertz CT molecular complexity index is 568. The molecule has 1 aliphatic heterocycles. The largest absolute Gasteiger partial charge is 0.344 e. The van der Waals surface area contributed by atoms with Crippen LogP contribution in [-0.2, 0) is 9.59 Å². The Balaban J connectivity index is 1.92. The number of benzene rings is 1. The molecule has 0 aliphatic carbocycles. The fraction of sp³-hybridized carbons (Fsp3) is 0.429. The summed E-state index contributed by atoms with van der Waals surface area (Å²) in [6.45, 7) is 0.636. The zero-order chi connectivity index (χ0) is 15.6. The molecule has 1 atom stereocenters. The smallest absolute Gasteiger partial charge is 0.245 e. The first kappa shape index (κ1) is 15.8. The van der Waals surface area contributed by atoms with E-state index in [1.165, 1.54) is 11.0 Å². The van der Waals surface area contributed by atoms with Gasteiger partial charge in [-0.2, -0.15) is 0 Å². The standard InChI is InChI=1S/C14H16F2N2O2S/c1-17-6-5-12(14(17)20)18(2)13(19)8-21-9-3-4-10(15)11(16)7-9/h3-4,7,12H,5-6,8H2,1-2H3/t12-/m0/s1. The second-order valence-electron chi connectivity index (χ2n) is 4.93. The molecule has 2 amide bonds. The molecule has 4 nitrogen and oxygen atoms in total. The number of likely N-dealkylation sites (tertiary alicyclic amines) is 1. The maximum atomic E-state index is 13.1. The van der Waals surface area contributed by atoms with Crippen LogP contribution in [0.1, 0.15) is 6.42 Å². The van der Waals surface area contributed by atoms with Crippen LogP contribution in [0.25, 0.3) is 0 Å². The van der Waals surface area contributed by atoms with E-state index < -0.39 is 17.7 Å². The molecule has 0 aromatic heterocycles. The fourth-order valence-corrected chi connectivity index (χ4v) is 3.00. The molecule has 1 fully saturated rings. The lowest BCUT2D eigenvalue weighted by Gasteiger charge is -2.23. The van der Waals surface area contributed by atoms with Crippen molar-refractivity contribution in [3.05, 3.63) is 29.8 Å². The zero-order valence-corrected chi connectivity index (χ0v) is 12.6. The summed E-state index contributed by atoms with van der Waals surface area (Å²) in [5, 5.41) is 0. The molecule has 1 heterocycles. The van der Waals surface area contributed by atoms with Gasteiger partial charge >= 0.3 is 0 Å². The van der Waals surface area contributed by atoms with Crippen molar-refractivity contribution in [2.75, 3.05) is 26.4 Å². The van der Waals surface area contributed by atoms with Gasteiger partial charge in [0, 0.05) is 25.5 Å². The van der Waals surface area contributed by atoms with E-state index in [0.717, 1.165) is 23.9 Å². The van der Waals surface area contributed by atoms with Gasteiger partial charge in [0.05, 0.1) is 5.75 Å². The maximum absolute atomic E-state index is 13.1. The van der Waals surface area contributed by atoms with Gasteiger partial charge in [0.2, 0.25) is 11.8 Å². The van der Waals surface area contributed by atoms with Gasteiger partial charge < -0.3 is 9.80 Å². The molecule has 21 heavy (non-hydrogen) atoms. The predicted molar refractivity (Wildman–Crippen MR) is 75.9 cm³/mol. The SMILES string of the molecule is CN1CC[C@H](N(C)C(=O)CSc2ccc(F)c(F)c2)C1=O. The Morgan fingerprint density at radius 3 is 2.71 bits per heavy atom. The molecule has 1 saturated heterocycles. The number of thioether (sulfide) groups is 1. The Morgan fingerprint density at radius 2 is 2.14 bits per heavy atom. The Kier molecular flexibility index (Phi) is 4.82. The van der Waals surface area contributed by atoms with Crippen LogP contribution in [0, 0.1) is 11.6 Å². The molecule has 7 heteroatoms. The van der Waals surface area contributed by atoms with E-state index in [4.69, 9.17) is 0 Å². The molecular formula is C14H16F2N2O2S. The van der Waals surface area contributed by atoms with E-state index in [1.807, 2.05) is 0 Å². The number of amides is 2. The maximum Gasteiger partial charge on any atom is 0.245 e. The van der Waals surface area contributed by atoms with Crippen molar-refractivity contribution in [2.24, 2.45) is 0 Å². The van der Waals surface area contributed by atoms with Gasteiger partial charge in [-0.25, -0.2) is 8.78 Å². The molecule has 0 saturated carbocycles. The first-order chi connectivity index (χ1) is 9.90. The molecule has 0 radical (unpaired) electrons. The first-order valence-electron chi connectivity index (χ1n) is 6.48. The van der Waals surface area contributed by atoms with Crippen LogP contribution >= 0.6 is 11.8 Å². The molecule has 1 aromatic rings. The minimum Gasteiger partial charge on any atom is -0.344 e. The van der Waals surface area contributed by atoms with Gasteiger partial charge in [0.1, 0.15) is 6.04 Å². The summed E-state index contributed by atoms with van der Waals surface area (Å²) in [5.41, 5.74) is 0. The van der Waals surface area contributed by atoms with E-state index in [9.17, 15) is 18.4 Å². The summed E-state index contributed by atoms with van der Waals surface area (Å²) in [7, 11) is 3.30. The minimum atomic E-state index is -0.937. The third-order valence-electron chi connectivity index (χ3n) is 3.51. The summed E-state index contributed by atoms with van der Waals surface area (Å²) in [4.78, 5) is 27.4. The molecule has 1 aromatic carbocycles. The van der Waals surface area contributed by atoms with Crippen LogP contribution in [-0.4, -0.2) is 54.0 Å². The average molecular weight is 314 g/mol. The van der Waals surface area contributed by atoms with Gasteiger partial charge in [0.15, 0.2) is 11.6 Å². The topological polar surface area (TPSA) is 40.6 Å². The predicted octanol–water partition coefficient (Wildman–Crippen LogP) is 1.75. The highest BCUT2D eigenvalue weighted by atomic mass is 32.2. The van der Waals surface area contributed by atoms with Crippen LogP contribution in [0.4, 0.5) is 8.78 Å². The summed E-state index contributed by atoms with van der Waals surface area (Å²) < 4.78 is 25.9. The van der Waals surface area contributed by atoms with E-state index in [1.54, 1.807) is 19.0 Å². The molecule has 114 valence electrons. The molecule has 0 N–H and O–H groups in total. The van der Waals surface area contributed by atoms with Crippen molar-refractivity contribution in [1.29, 1.82) is 0 Å². The van der Waals surface area contributed by atoms with Crippen molar-refractivity contribution in [3.8, 4) is 0 Å². The average Bonchev–Trinajstić information content (AvgIpc) is 2.79. The van der Waals surface area contributed by atoms with Gasteiger partial charge in [-0.15, -0.1) is 11.8 Å². The van der Waals surface area contributed by atoms with Crippen LogP contribution in [0.2, 0.25) is 0 Å². The van der Waals surface area contributed by atoms with E-state index in [2.05, 4.69) is 0 Å². The van der Waals surface area contributed by atoms with Crippen molar-refractivity contribution in [3.63, 3.8) is 0 Å². The Morgan fingerprint density at radius 1 is 1.43 bits per heavy atom. The molecule has 0 unspecified atom stereocenters. The van der Waals surface area contributed by atoms with E-state index >= 15 is 0 Å². The number of halogens is 2. The van der Waals surface area contributed by atoms with Gasteiger partial charge in [-0.3, -0.25) is 9.59 Å². The normalized spacial score (nSPS) is 18.2. The number of likely N-dealkylation sites (N-methyl/N-ethyl adjacent to an activating group) is 2. The number of nitrogens with zero attached hydrogens (tertiary/aromatic N) is 2. The van der Waals surface area contributed by atoms with Gasteiger partial charge in [-0.1, -0.05) is 0 Å². The first-order valence-corrected chi connectivity index (χ1v) is 7.47. The lowest BCUT2D eigenvalue weighted by molar-refractivity contribution is -0.138. The minimum absolute atomic E-state index is 0.0660. The van der Waals surface area contributed by atoms with Crippen LogP contribution in [0.15, 0.2) is 23.1 Å². The van der Waals surface area contributed by atoms with Crippen LogP contribution < -0.4 is 0 Å². The monoisotopic (exact) mass is 314 g/mol. The highest BCUT2D eigenvalue weighted by molar-refractivity contribution is 8.00. The lowest BCUT2D eigenvalue weighted by Crippen LogP contribution is -2.42. The van der Waals surface area contributed by atoms with Crippen LogP contribution in [0.5, 0.6) is 0 Å². The van der Waals surface area contributed by atoms with Crippen LogP contribution in [0.3, 0.4) is 0 Å². The highest BCUT2D eigenvalue weighted by Crippen LogP contribution is 2.22. The van der Waals surface area contributed by atoms with Crippen molar-refractivity contribution < 1.29 is 18.4 Å². The zero-order valence-electron chi connectivity index (χ0n) is 11.8. The third-order valence-corrected chi connectivity index (χ3v) is 4.49. The molecular weight excluding hydrogens is 298 g/mol. The molecule has 0 bridgehead atoms. The lowest BCUT2D eigenvalue weighted by atomic mass is 10.2. The van der Waals surface area contributed by atoms with Gasteiger partial charge in [-0.05, 0) is 24.6 Å². The van der Waals surface area contributed by atoms with Crippen molar-refractivity contribution in [2.45, 2.75) is 17.4 Å².